The predicted octanol–water partition coefficient (Wildman–Crippen LogP) is 3.83. The highest BCUT2D eigenvalue weighted by molar-refractivity contribution is 14.0. The molecular formula is C16H26IN5OS. The summed E-state index contributed by atoms with van der Waals surface area (Å²) >= 11 is 1.68. The zero-order chi connectivity index (χ0) is 16.7. The molecule has 24 heavy (non-hydrogen) atoms. The van der Waals surface area contributed by atoms with E-state index in [1.807, 2.05) is 12.3 Å². The predicted molar refractivity (Wildman–Crippen MR) is 109 cm³/mol. The first-order chi connectivity index (χ1) is 11.2. The second-order valence-corrected chi connectivity index (χ2v) is 6.69. The van der Waals surface area contributed by atoms with Crippen LogP contribution in [0.2, 0.25) is 0 Å². The molecule has 134 valence electrons. The Morgan fingerprint density at radius 2 is 2.00 bits per heavy atom. The molecular weight excluding hydrogens is 437 g/mol. The normalized spacial score (nSPS) is 11.5. The summed E-state index contributed by atoms with van der Waals surface area (Å²) in [5.74, 6) is 2.01. The van der Waals surface area contributed by atoms with E-state index < -0.39 is 0 Å². The van der Waals surface area contributed by atoms with E-state index in [1.165, 1.54) is 4.88 Å². The van der Waals surface area contributed by atoms with Crippen LogP contribution in [0.15, 0.2) is 21.8 Å². The lowest BCUT2D eigenvalue weighted by atomic mass is 9.99. The molecule has 6 nitrogen and oxygen atoms in total. The topological polar surface area (TPSA) is 75.3 Å². The number of aliphatic imine (C=N–C) groups is 1. The molecule has 0 saturated heterocycles. The van der Waals surface area contributed by atoms with E-state index in [1.54, 1.807) is 18.4 Å². The lowest BCUT2D eigenvalue weighted by molar-refractivity contribution is 0.368. The summed E-state index contributed by atoms with van der Waals surface area (Å²) in [6.07, 6.45) is 4.03. The molecule has 0 aliphatic rings. The molecule has 8 heteroatoms. The lowest BCUT2D eigenvalue weighted by Gasteiger charge is -2.09. The van der Waals surface area contributed by atoms with Gasteiger partial charge in [-0.25, -0.2) is 4.98 Å². The van der Waals surface area contributed by atoms with E-state index in [0.29, 0.717) is 19.0 Å². The molecule has 0 radical (unpaired) electrons. The molecule has 0 bridgehead atoms. The van der Waals surface area contributed by atoms with E-state index in [0.717, 1.165) is 35.3 Å². The Bertz CT molecular complexity index is 636. The summed E-state index contributed by atoms with van der Waals surface area (Å²) < 4.78 is 5.40. The number of nitrogens with zero attached hydrogens (tertiary/aromatic N) is 3. The van der Waals surface area contributed by atoms with E-state index in [4.69, 9.17) is 4.52 Å². The molecule has 2 aromatic rings. The number of guanidine groups is 1. The van der Waals surface area contributed by atoms with Gasteiger partial charge in [0.25, 0.3) is 0 Å². The van der Waals surface area contributed by atoms with Crippen molar-refractivity contribution in [2.75, 3.05) is 7.05 Å². The minimum absolute atomic E-state index is 0. The van der Waals surface area contributed by atoms with Gasteiger partial charge in [-0.3, -0.25) is 4.99 Å². The number of halogens is 1. The maximum absolute atomic E-state index is 5.40. The van der Waals surface area contributed by atoms with Crippen molar-refractivity contribution in [2.24, 2.45) is 4.99 Å². The third-order valence-corrected chi connectivity index (χ3v) is 4.62. The number of hydrogen-bond donors (Lipinski definition) is 2. The smallest absolute Gasteiger partial charge is 0.191 e. The van der Waals surface area contributed by atoms with Crippen molar-refractivity contribution >= 4 is 41.3 Å². The highest BCUT2D eigenvalue weighted by atomic mass is 127. The van der Waals surface area contributed by atoms with Crippen LogP contribution in [0.25, 0.3) is 0 Å². The summed E-state index contributed by atoms with van der Waals surface area (Å²) in [6, 6.07) is 2.03. The minimum Gasteiger partial charge on any atom is -0.359 e. The summed E-state index contributed by atoms with van der Waals surface area (Å²) in [5, 5.41) is 11.7. The molecule has 2 N–H and O–H groups in total. The van der Waals surface area contributed by atoms with Gasteiger partial charge in [0.2, 0.25) is 0 Å². The number of thiazole rings is 1. The van der Waals surface area contributed by atoms with Gasteiger partial charge in [-0.05, 0) is 19.8 Å². The maximum atomic E-state index is 5.40. The third-order valence-electron chi connectivity index (χ3n) is 3.71. The Hall–Kier alpha value is -1.16. The van der Waals surface area contributed by atoms with Crippen molar-refractivity contribution in [3.05, 3.63) is 33.6 Å². The number of aryl methyl sites for hydroxylation is 1. The summed E-state index contributed by atoms with van der Waals surface area (Å²) in [6.45, 7) is 7.62. The average Bonchev–Trinajstić information content (AvgIpc) is 3.18. The quantitative estimate of drug-likeness (QED) is 0.371. The highest BCUT2D eigenvalue weighted by Crippen LogP contribution is 2.22. The standard InChI is InChI=1S/C16H25N5OS.HI/c1-5-12(6-2)14-7-13(22-21-14)9-19-16(17-4)20-10-15-18-8-11(3)23-15;/h7-8,12H,5-6,9-10H2,1-4H3,(H2,17,19,20);1H. The first-order valence-corrected chi connectivity index (χ1v) is 8.79. The van der Waals surface area contributed by atoms with E-state index in [2.05, 4.69) is 46.5 Å². The molecule has 0 amide bonds. The van der Waals surface area contributed by atoms with Crippen LogP contribution >= 0.6 is 35.3 Å². The number of nitrogens with one attached hydrogen (secondary N) is 2. The van der Waals surface area contributed by atoms with Crippen molar-refractivity contribution in [1.82, 2.24) is 20.8 Å². The first-order valence-electron chi connectivity index (χ1n) is 7.97. The Morgan fingerprint density at radius 3 is 2.58 bits per heavy atom. The molecule has 0 aromatic carbocycles. The van der Waals surface area contributed by atoms with Gasteiger partial charge in [-0.1, -0.05) is 19.0 Å². The maximum Gasteiger partial charge on any atom is 0.191 e. The van der Waals surface area contributed by atoms with Crippen LogP contribution in [0.4, 0.5) is 0 Å². The Labute approximate surface area is 164 Å². The van der Waals surface area contributed by atoms with Crippen molar-refractivity contribution in [3.8, 4) is 0 Å². The summed E-state index contributed by atoms with van der Waals surface area (Å²) in [7, 11) is 1.75. The number of hydrogen-bond acceptors (Lipinski definition) is 5. The lowest BCUT2D eigenvalue weighted by Crippen LogP contribution is -2.36. The minimum atomic E-state index is 0. The van der Waals surface area contributed by atoms with Crippen molar-refractivity contribution < 1.29 is 4.52 Å². The Morgan fingerprint density at radius 1 is 1.29 bits per heavy atom. The molecule has 0 atom stereocenters. The SMILES string of the molecule is CCC(CC)c1cc(CNC(=NC)NCc2ncc(C)s2)on1.I. The molecule has 0 spiro atoms. The van der Waals surface area contributed by atoms with Crippen LogP contribution in [0.3, 0.4) is 0 Å². The van der Waals surface area contributed by atoms with Gasteiger partial charge in [0, 0.05) is 30.1 Å². The van der Waals surface area contributed by atoms with E-state index >= 15 is 0 Å². The molecule has 0 fully saturated rings. The van der Waals surface area contributed by atoms with Crippen LogP contribution in [-0.4, -0.2) is 23.1 Å². The van der Waals surface area contributed by atoms with Gasteiger partial charge in [-0.15, -0.1) is 35.3 Å². The molecule has 0 aliphatic carbocycles. The zero-order valence-electron chi connectivity index (χ0n) is 14.6. The van der Waals surface area contributed by atoms with Gasteiger partial charge >= 0.3 is 0 Å². The van der Waals surface area contributed by atoms with Gasteiger partial charge in [0.05, 0.1) is 18.8 Å². The van der Waals surface area contributed by atoms with E-state index in [9.17, 15) is 0 Å². The van der Waals surface area contributed by atoms with Crippen molar-refractivity contribution in [2.45, 2.75) is 52.6 Å². The monoisotopic (exact) mass is 463 g/mol. The van der Waals surface area contributed by atoms with Crippen LogP contribution in [0.1, 0.15) is 53.9 Å². The Balaban J connectivity index is 0.00000288. The second kappa shape index (κ2) is 10.7. The first kappa shape index (κ1) is 20.9. The van der Waals surface area contributed by atoms with Crippen LogP contribution in [-0.2, 0) is 13.1 Å². The number of aromatic nitrogens is 2. The number of rotatable bonds is 7. The molecule has 2 rings (SSSR count). The zero-order valence-corrected chi connectivity index (χ0v) is 17.8. The van der Waals surface area contributed by atoms with E-state index in [-0.39, 0.29) is 24.0 Å². The molecule has 0 aliphatic heterocycles. The summed E-state index contributed by atoms with van der Waals surface area (Å²) in [5.41, 5.74) is 1.04. The van der Waals surface area contributed by atoms with Crippen LogP contribution < -0.4 is 10.6 Å². The fourth-order valence-corrected chi connectivity index (χ4v) is 3.07. The van der Waals surface area contributed by atoms with Crippen molar-refractivity contribution in [1.29, 1.82) is 0 Å². The Kier molecular flexibility index (Phi) is 9.27. The molecule has 2 heterocycles. The largest absolute Gasteiger partial charge is 0.359 e. The van der Waals surface area contributed by atoms with Gasteiger partial charge < -0.3 is 15.2 Å². The third kappa shape index (κ3) is 6.04. The van der Waals surface area contributed by atoms with Crippen LogP contribution in [0, 0.1) is 6.92 Å². The van der Waals surface area contributed by atoms with Crippen molar-refractivity contribution in [3.63, 3.8) is 0 Å². The fraction of sp³-hybridized carbons (Fsp3) is 0.562. The fourth-order valence-electron chi connectivity index (χ4n) is 2.35. The molecule has 2 aromatic heterocycles. The average molecular weight is 463 g/mol. The van der Waals surface area contributed by atoms with Crippen LogP contribution in [0.5, 0.6) is 0 Å². The summed E-state index contributed by atoms with van der Waals surface area (Å²) in [4.78, 5) is 9.74. The van der Waals surface area contributed by atoms with Gasteiger partial charge in [0.15, 0.2) is 11.7 Å². The highest BCUT2D eigenvalue weighted by Gasteiger charge is 2.13. The molecule has 0 unspecified atom stereocenters. The van der Waals surface area contributed by atoms with Gasteiger partial charge in [0.1, 0.15) is 5.01 Å². The second-order valence-electron chi connectivity index (χ2n) is 5.38. The molecule has 0 saturated carbocycles. The van der Waals surface area contributed by atoms with Gasteiger partial charge in [-0.2, -0.15) is 0 Å².